The smallest absolute Gasteiger partial charge is 0.0730 e. The molecular formula is C64H46N4. The van der Waals surface area contributed by atoms with Crippen molar-refractivity contribution in [3.8, 4) is 50.5 Å². The summed E-state index contributed by atoms with van der Waals surface area (Å²) in [6.45, 7) is 0. The SMILES string of the molecule is C1=CCC(C2CC(n3c4ccccc4c4cccc(-c5cccc(-c6cccc7c8ccccc8n(-c8cc(-c9ccccc9)nc(-c9ccccc9)c8)c67)c5)c43)=CC(c3ccccc3)=N2)C=C1. The first-order valence-corrected chi connectivity index (χ1v) is 23.7. The average molecular weight is 871 g/mol. The van der Waals surface area contributed by atoms with E-state index in [1.807, 2.05) is 0 Å². The van der Waals surface area contributed by atoms with Crippen molar-refractivity contribution in [3.63, 3.8) is 0 Å². The second kappa shape index (κ2) is 16.7. The van der Waals surface area contributed by atoms with Gasteiger partial charge in [-0.15, -0.1) is 0 Å². The van der Waals surface area contributed by atoms with Crippen LogP contribution in [0.4, 0.5) is 0 Å². The molecule has 13 rings (SSSR count). The monoisotopic (exact) mass is 870 g/mol. The molecule has 1 aliphatic heterocycles. The van der Waals surface area contributed by atoms with E-state index in [0.29, 0.717) is 5.92 Å². The van der Waals surface area contributed by atoms with Crippen molar-refractivity contribution < 1.29 is 0 Å². The van der Waals surface area contributed by atoms with Crippen LogP contribution in [0.15, 0.2) is 248 Å². The van der Waals surface area contributed by atoms with Gasteiger partial charge in [-0.25, -0.2) is 4.98 Å². The number of pyridine rings is 1. The fraction of sp³-hybridized carbons (Fsp3) is 0.0625. The van der Waals surface area contributed by atoms with Gasteiger partial charge in [0.25, 0.3) is 0 Å². The first kappa shape index (κ1) is 39.7. The van der Waals surface area contributed by atoms with Crippen LogP contribution >= 0.6 is 0 Å². The number of fused-ring (bicyclic) bond motifs is 6. The van der Waals surface area contributed by atoms with E-state index in [1.165, 1.54) is 60.5 Å². The topological polar surface area (TPSA) is 35.1 Å². The molecule has 11 aromatic rings. The third kappa shape index (κ3) is 6.84. The lowest BCUT2D eigenvalue weighted by molar-refractivity contribution is 0.507. The number of hydrogen-bond donors (Lipinski definition) is 0. The lowest BCUT2D eigenvalue weighted by Crippen LogP contribution is -2.24. The van der Waals surface area contributed by atoms with Gasteiger partial charge in [-0.2, -0.15) is 0 Å². The van der Waals surface area contributed by atoms with Gasteiger partial charge in [0.15, 0.2) is 0 Å². The summed E-state index contributed by atoms with van der Waals surface area (Å²) < 4.78 is 5.01. The number of aliphatic imine (C=N–C) groups is 1. The van der Waals surface area contributed by atoms with Crippen molar-refractivity contribution in [1.82, 2.24) is 14.1 Å². The van der Waals surface area contributed by atoms with Crippen LogP contribution < -0.4 is 0 Å². The Labute approximate surface area is 395 Å². The van der Waals surface area contributed by atoms with Gasteiger partial charge in [-0.3, -0.25) is 4.99 Å². The quantitative estimate of drug-likeness (QED) is 0.150. The molecule has 68 heavy (non-hydrogen) atoms. The molecule has 1 aliphatic carbocycles. The maximum atomic E-state index is 5.47. The molecule has 8 aromatic carbocycles. The van der Waals surface area contributed by atoms with E-state index in [1.54, 1.807) is 0 Å². The zero-order chi connectivity index (χ0) is 45.0. The van der Waals surface area contributed by atoms with Gasteiger partial charge in [-0.1, -0.05) is 206 Å². The molecule has 0 radical (unpaired) electrons. The van der Waals surface area contributed by atoms with Crippen molar-refractivity contribution in [1.29, 1.82) is 0 Å². The molecule has 4 nitrogen and oxygen atoms in total. The van der Waals surface area contributed by atoms with E-state index in [9.17, 15) is 0 Å². The van der Waals surface area contributed by atoms with Crippen molar-refractivity contribution in [2.45, 2.75) is 18.9 Å². The minimum Gasteiger partial charge on any atom is -0.312 e. The highest BCUT2D eigenvalue weighted by Crippen LogP contribution is 2.44. The molecule has 0 amide bonds. The van der Waals surface area contributed by atoms with Crippen LogP contribution in [-0.4, -0.2) is 25.9 Å². The van der Waals surface area contributed by atoms with E-state index < -0.39 is 0 Å². The van der Waals surface area contributed by atoms with Crippen molar-refractivity contribution in [2.24, 2.45) is 10.9 Å². The van der Waals surface area contributed by atoms with Crippen LogP contribution in [0.2, 0.25) is 0 Å². The number of allylic oxidation sites excluding steroid dienone is 4. The second-order valence-electron chi connectivity index (χ2n) is 18.0. The number of dihydropyridines is 1. The Hall–Kier alpha value is -8.60. The van der Waals surface area contributed by atoms with Gasteiger partial charge >= 0.3 is 0 Å². The summed E-state index contributed by atoms with van der Waals surface area (Å²) in [6, 6.07) is 76.9. The number of nitrogens with zero attached hydrogens (tertiary/aromatic N) is 4. The highest BCUT2D eigenvalue weighted by Gasteiger charge is 2.28. The van der Waals surface area contributed by atoms with E-state index in [2.05, 4.69) is 252 Å². The van der Waals surface area contributed by atoms with E-state index in [-0.39, 0.29) is 6.04 Å². The predicted molar refractivity (Wildman–Crippen MR) is 285 cm³/mol. The van der Waals surface area contributed by atoms with Crippen LogP contribution in [-0.2, 0) is 0 Å². The van der Waals surface area contributed by atoms with Gasteiger partial charge < -0.3 is 9.13 Å². The Morgan fingerprint density at radius 1 is 0.426 bits per heavy atom. The molecule has 0 saturated heterocycles. The zero-order valence-corrected chi connectivity index (χ0v) is 37.5. The maximum absolute atomic E-state index is 5.47. The fourth-order valence-electron chi connectivity index (χ4n) is 10.8. The molecule has 4 heteroatoms. The summed E-state index contributed by atoms with van der Waals surface area (Å²) in [5.41, 5.74) is 18.0. The highest BCUT2D eigenvalue weighted by molar-refractivity contribution is 6.18. The van der Waals surface area contributed by atoms with Gasteiger partial charge in [0, 0.05) is 61.8 Å². The summed E-state index contributed by atoms with van der Waals surface area (Å²) in [5.74, 6) is 0.326. The van der Waals surface area contributed by atoms with Gasteiger partial charge in [0.2, 0.25) is 0 Å². The van der Waals surface area contributed by atoms with Crippen molar-refractivity contribution in [2.75, 3.05) is 0 Å². The highest BCUT2D eigenvalue weighted by atomic mass is 15.0. The molecule has 4 heterocycles. The summed E-state index contributed by atoms with van der Waals surface area (Å²) in [4.78, 5) is 10.7. The molecule has 322 valence electrons. The van der Waals surface area contributed by atoms with Crippen molar-refractivity contribution in [3.05, 3.63) is 248 Å². The Bertz CT molecular complexity index is 3790. The molecule has 0 saturated carbocycles. The van der Waals surface area contributed by atoms with Crippen LogP contribution in [0.3, 0.4) is 0 Å². The lowest BCUT2D eigenvalue weighted by Gasteiger charge is -2.28. The molecule has 0 N–H and O–H groups in total. The number of benzene rings is 8. The Kier molecular flexibility index (Phi) is 9.75. The molecule has 0 spiro atoms. The predicted octanol–water partition coefficient (Wildman–Crippen LogP) is 16.2. The number of para-hydroxylation sites is 4. The number of rotatable bonds is 8. The molecule has 2 unspecified atom stereocenters. The Balaban J connectivity index is 1.01. The van der Waals surface area contributed by atoms with Gasteiger partial charge in [-0.05, 0) is 59.5 Å². The standard InChI is InChI=1S/C64H46N4/c1-5-20-43(21-6-1)57-39-49(40-58(65-57)44-22-7-2-8-23-44)67-61-36-15-13-30-53(61)55-34-18-32-51(63(55)67)47-28-17-29-48(38-47)52-33-19-35-56-54-31-14-16-37-62(54)68(64(52)56)50-41-59(45-24-9-3-10-25-45)66-60(42-50)46-26-11-4-12-27-46/h1-26,28-41,46,60H,27,42H2. The zero-order valence-electron chi connectivity index (χ0n) is 37.5. The number of aromatic nitrogens is 3. The largest absolute Gasteiger partial charge is 0.312 e. The maximum Gasteiger partial charge on any atom is 0.0730 e. The average Bonchev–Trinajstić information content (AvgIpc) is 3.95. The first-order valence-electron chi connectivity index (χ1n) is 23.7. The van der Waals surface area contributed by atoms with Crippen molar-refractivity contribution >= 4 is 55.0 Å². The summed E-state index contributed by atoms with van der Waals surface area (Å²) in [6.07, 6.45) is 13.2. The normalized spacial score (nSPS) is 15.9. The molecule has 2 atom stereocenters. The van der Waals surface area contributed by atoms with Crippen LogP contribution in [0.1, 0.15) is 18.4 Å². The van der Waals surface area contributed by atoms with E-state index in [4.69, 9.17) is 9.98 Å². The van der Waals surface area contributed by atoms with Crippen LogP contribution in [0, 0.1) is 5.92 Å². The van der Waals surface area contributed by atoms with Gasteiger partial charge in [0.05, 0.1) is 50.9 Å². The summed E-state index contributed by atoms with van der Waals surface area (Å²) in [7, 11) is 0. The summed E-state index contributed by atoms with van der Waals surface area (Å²) >= 11 is 0. The minimum atomic E-state index is 0.110. The minimum absolute atomic E-state index is 0.110. The fourth-order valence-corrected chi connectivity index (χ4v) is 10.8. The van der Waals surface area contributed by atoms with Crippen LogP contribution in [0.5, 0.6) is 0 Å². The molecule has 3 aromatic heterocycles. The Morgan fingerprint density at radius 3 is 1.51 bits per heavy atom. The molecule has 0 bridgehead atoms. The molecule has 0 fully saturated rings. The van der Waals surface area contributed by atoms with Gasteiger partial charge in [0.1, 0.15) is 0 Å². The van der Waals surface area contributed by atoms with E-state index >= 15 is 0 Å². The summed E-state index contributed by atoms with van der Waals surface area (Å²) in [5, 5.41) is 4.92. The Morgan fingerprint density at radius 2 is 0.926 bits per heavy atom. The second-order valence-corrected chi connectivity index (χ2v) is 18.0. The van der Waals surface area contributed by atoms with Crippen LogP contribution in [0.25, 0.3) is 99.8 Å². The third-order valence-corrected chi connectivity index (χ3v) is 14.0. The lowest BCUT2D eigenvalue weighted by atomic mass is 9.87. The number of hydrogen-bond acceptors (Lipinski definition) is 2. The molecular weight excluding hydrogens is 825 g/mol. The first-order chi connectivity index (χ1) is 33.7. The molecule has 2 aliphatic rings. The van der Waals surface area contributed by atoms with E-state index in [0.717, 1.165) is 63.4 Å². The third-order valence-electron chi connectivity index (χ3n) is 14.0.